The van der Waals surface area contributed by atoms with Gasteiger partial charge in [-0.1, -0.05) is 25.5 Å². The van der Waals surface area contributed by atoms with E-state index < -0.39 is 0 Å². The van der Waals surface area contributed by atoms with E-state index in [-0.39, 0.29) is 0 Å². The lowest BCUT2D eigenvalue weighted by atomic mass is 10.0. The molecule has 0 fully saturated rings. The Labute approximate surface area is 86.1 Å². The van der Waals surface area contributed by atoms with Crippen LogP contribution in [0.2, 0.25) is 0 Å². The van der Waals surface area contributed by atoms with E-state index in [0.717, 1.165) is 12.2 Å². The highest BCUT2D eigenvalue weighted by atomic mass is 16.5. The van der Waals surface area contributed by atoms with Gasteiger partial charge >= 0.3 is 0 Å². The fourth-order valence-corrected chi connectivity index (χ4v) is 2.01. The molecule has 1 aromatic rings. The molecule has 1 heteroatoms. The zero-order chi connectivity index (χ0) is 9.97. The van der Waals surface area contributed by atoms with Crippen molar-refractivity contribution in [1.29, 1.82) is 0 Å². The molecular formula is C13H18O. The van der Waals surface area contributed by atoms with E-state index >= 15 is 0 Å². The third-order valence-electron chi connectivity index (χ3n) is 2.78. The largest absolute Gasteiger partial charge is 0.490 e. The lowest BCUT2D eigenvalue weighted by molar-refractivity contribution is 0.254. The quantitative estimate of drug-likeness (QED) is 0.710. The molecule has 76 valence electrons. The average Bonchev–Trinajstić information content (AvgIpc) is 2.54. The van der Waals surface area contributed by atoms with Gasteiger partial charge in [-0.25, -0.2) is 0 Å². The number of rotatable bonds is 3. The van der Waals surface area contributed by atoms with E-state index in [0.29, 0.717) is 6.10 Å². The third-order valence-corrected chi connectivity index (χ3v) is 2.78. The Morgan fingerprint density at radius 1 is 1.43 bits per heavy atom. The van der Waals surface area contributed by atoms with Gasteiger partial charge in [0, 0.05) is 6.42 Å². The van der Waals surface area contributed by atoms with Crippen molar-refractivity contribution in [1.82, 2.24) is 0 Å². The second kappa shape index (κ2) is 4.04. The van der Waals surface area contributed by atoms with E-state index in [4.69, 9.17) is 4.74 Å². The van der Waals surface area contributed by atoms with Crippen LogP contribution in [0.1, 0.15) is 37.8 Å². The molecule has 0 aromatic heterocycles. The monoisotopic (exact) mass is 190 g/mol. The van der Waals surface area contributed by atoms with Gasteiger partial charge in [-0.15, -0.1) is 0 Å². The van der Waals surface area contributed by atoms with Crippen LogP contribution in [0.25, 0.3) is 0 Å². The molecule has 0 aliphatic carbocycles. The Morgan fingerprint density at radius 3 is 3.07 bits per heavy atom. The van der Waals surface area contributed by atoms with Crippen molar-refractivity contribution in [3.8, 4) is 5.75 Å². The van der Waals surface area contributed by atoms with Crippen LogP contribution in [-0.4, -0.2) is 6.10 Å². The first-order valence-corrected chi connectivity index (χ1v) is 5.58. The lowest BCUT2D eigenvalue weighted by Crippen LogP contribution is -2.05. The fraction of sp³-hybridized carbons (Fsp3) is 0.538. The highest BCUT2D eigenvalue weighted by Crippen LogP contribution is 2.29. The number of benzene rings is 1. The molecule has 0 spiro atoms. The Balaban J connectivity index is 2.12. The first-order chi connectivity index (χ1) is 6.79. The van der Waals surface area contributed by atoms with E-state index in [1.807, 2.05) is 0 Å². The summed E-state index contributed by atoms with van der Waals surface area (Å²) in [6, 6.07) is 6.64. The van der Waals surface area contributed by atoms with Crippen LogP contribution in [0.15, 0.2) is 18.2 Å². The molecule has 0 saturated carbocycles. The van der Waals surface area contributed by atoms with Gasteiger partial charge in [-0.05, 0) is 37.0 Å². The molecule has 2 rings (SSSR count). The standard InChI is InChI=1S/C13H18O/c1-3-4-5-11-6-7-13-12(9-11)8-10(2)14-13/h6-7,9-10H,3-5,8H2,1-2H3. The van der Waals surface area contributed by atoms with Crippen LogP contribution in [0.4, 0.5) is 0 Å². The van der Waals surface area contributed by atoms with Crippen LogP contribution >= 0.6 is 0 Å². The van der Waals surface area contributed by atoms with Crippen molar-refractivity contribution >= 4 is 0 Å². The molecule has 14 heavy (non-hydrogen) atoms. The number of fused-ring (bicyclic) bond motifs is 1. The SMILES string of the molecule is CCCCc1ccc2c(c1)CC(C)O2. The molecule has 0 bridgehead atoms. The minimum absolute atomic E-state index is 0.367. The normalized spacial score (nSPS) is 19.1. The molecule has 0 amide bonds. The van der Waals surface area contributed by atoms with Crippen molar-refractivity contribution in [2.24, 2.45) is 0 Å². The summed E-state index contributed by atoms with van der Waals surface area (Å²) in [5.74, 6) is 1.10. The summed E-state index contributed by atoms with van der Waals surface area (Å²) < 4.78 is 5.67. The molecule has 0 N–H and O–H groups in total. The van der Waals surface area contributed by atoms with E-state index in [2.05, 4.69) is 32.0 Å². The van der Waals surface area contributed by atoms with Gasteiger partial charge < -0.3 is 4.74 Å². The summed E-state index contributed by atoms with van der Waals surface area (Å²) in [6.07, 6.45) is 5.21. The summed E-state index contributed by atoms with van der Waals surface area (Å²) in [6.45, 7) is 4.37. The van der Waals surface area contributed by atoms with Gasteiger partial charge in [0.05, 0.1) is 0 Å². The fourth-order valence-electron chi connectivity index (χ4n) is 2.01. The van der Waals surface area contributed by atoms with Gasteiger partial charge in [-0.3, -0.25) is 0 Å². The second-order valence-corrected chi connectivity index (χ2v) is 4.18. The molecule has 1 heterocycles. The molecule has 0 radical (unpaired) electrons. The van der Waals surface area contributed by atoms with Crippen molar-refractivity contribution in [2.45, 2.75) is 45.6 Å². The zero-order valence-corrected chi connectivity index (χ0v) is 9.05. The summed E-state index contributed by atoms with van der Waals surface area (Å²) >= 11 is 0. The van der Waals surface area contributed by atoms with Crippen LogP contribution in [0, 0.1) is 0 Å². The van der Waals surface area contributed by atoms with Crippen LogP contribution in [0.3, 0.4) is 0 Å². The van der Waals surface area contributed by atoms with Crippen molar-refractivity contribution < 1.29 is 4.74 Å². The van der Waals surface area contributed by atoms with E-state index in [1.165, 1.54) is 30.4 Å². The van der Waals surface area contributed by atoms with Gasteiger partial charge in [0.1, 0.15) is 11.9 Å². The molecule has 1 nitrogen and oxygen atoms in total. The Hall–Kier alpha value is -0.980. The zero-order valence-electron chi connectivity index (χ0n) is 9.05. The lowest BCUT2D eigenvalue weighted by Gasteiger charge is -2.03. The smallest absolute Gasteiger partial charge is 0.123 e. The molecule has 1 aliphatic rings. The molecule has 1 aromatic carbocycles. The summed E-state index contributed by atoms with van der Waals surface area (Å²) in [4.78, 5) is 0. The predicted octanol–water partition coefficient (Wildman–Crippen LogP) is 3.35. The number of hydrogen-bond donors (Lipinski definition) is 0. The molecular weight excluding hydrogens is 172 g/mol. The third kappa shape index (κ3) is 1.92. The van der Waals surface area contributed by atoms with Crippen molar-refractivity contribution in [3.05, 3.63) is 29.3 Å². The van der Waals surface area contributed by atoms with Crippen LogP contribution in [-0.2, 0) is 12.8 Å². The van der Waals surface area contributed by atoms with Crippen LogP contribution < -0.4 is 4.74 Å². The van der Waals surface area contributed by atoms with Gasteiger partial charge in [0.25, 0.3) is 0 Å². The Bertz CT molecular complexity index is 317. The molecule has 1 unspecified atom stereocenters. The number of hydrogen-bond acceptors (Lipinski definition) is 1. The first-order valence-electron chi connectivity index (χ1n) is 5.58. The minimum Gasteiger partial charge on any atom is -0.490 e. The topological polar surface area (TPSA) is 9.23 Å². The summed E-state index contributed by atoms with van der Waals surface area (Å²) in [5.41, 5.74) is 2.86. The summed E-state index contributed by atoms with van der Waals surface area (Å²) in [5, 5.41) is 0. The highest BCUT2D eigenvalue weighted by Gasteiger charge is 2.18. The number of unbranched alkanes of at least 4 members (excludes halogenated alkanes) is 1. The average molecular weight is 190 g/mol. The number of aryl methyl sites for hydroxylation is 1. The summed E-state index contributed by atoms with van der Waals surface area (Å²) in [7, 11) is 0. The predicted molar refractivity (Wildman–Crippen MR) is 58.8 cm³/mol. The Kier molecular flexibility index (Phi) is 2.76. The van der Waals surface area contributed by atoms with E-state index in [1.54, 1.807) is 0 Å². The van der Waals surface area contributed by atoms with Gasteiger partial charge in [-0.2, -0.15) is 0 Å². The van der Waals surface area contributed by atoms with Gasteiger partial charge in [0.2, 0.25) is 0 Å². The van der Waals surface area contributed by atoms with Crippen LogP contribution in [0.5, 0.6) is 5.75 Å². The molecule has 1 aliphatic heterocycles. The van der Waals surface area contributed by atoms with Gasteiger partial charge in [0.15, 0.2) is 0 Å². The maximum atomic E-state index is 5.67. The highest BCUT2D eigenvalue weighted by molar-refractivity contribution is 5.40. The maximum absolute atomic E-state index is 5.67. The van der Waals surface area contributed by atoms with E-state index in [9.17, 15) is 0 Å². The molecule has 1 atom stereocenters. The second-order valence-electron chi connectivity index (χ2n) is 4.18. The first kappa shape index (κ1) is 9.57. The molecule has 0 saturated heterocycles. The maximum Gasteiger partial charge on any atom is 0.123 e. The minimum atomic E-state index is 0.367. The Morgan fingerprint density at radius 2 is 2.29 bits per heavy atom. The number of ether oxygens (including phenoxy) is 1. The van der Waals surface area contributed by atoms with Crippen molar-refractivity contribution in [2.75, 3.05) is 0 Å². The van der Waals surface area contributed by atoms with Crippen molar-refractivity contribution in [3.63, 3.8) is 0 Å².